The van der Waals surface area contributed by atoms with Gasteiger partial charge in [-0.05, 0) is 64.0 Å². The zero-order chi connectivity index (χ0) is 23.9. The summed E-state index contributed by atoms with van der Waals surface area (Å²) in [5.41, 5.74) is 0.207. The molecule has 34 heavy (non-hydrogen) atoms. The average Bonchev–Trinajstić information content (AvgIpc) is 3.41. The predicted molar refractivity (Wildman–Crippen MR) is 130 cm³/mol. The van der Waals surface area contributed by atoms with Crippen LogP contribution in [0, 0.1) is 17.6 Å². The molecule has 184 valence electrons. The van der Waals surface area contributed by atoms with E-state index in [9.17, 15) is 13.9 Å². The van der Waals surface area contributed by atoms with Crippen LogP contribution in [0.2, 0.25) is 0 Å². The van der Waals surface area contributed by atoms with E-state index in [1.807, 2.05) is 13.8 Å². The molecule has 1 aromatic heterocycles. The average molecular weight is 473 g/mol. The van der Waals surface area contributed by atoms with Crippen LogP contribution in [0.25, 0.3) is 0 Å². The number of halogens is 2. The van der Waals surface area contributed by atoms with Gasteiger partial charge in [0.1, 0.15) is 11.6 Å². The molecule has 9 heteroatoms. The minimum absolute atomic E-state index is 0.101. The standard InChI is InChI=1S/C25H34F2N6O/c1-25(2,34)15-8-10-18(12-15)33-22-21(14-28-23(32-22)29-17-6-4-3-5-7-17)31-24(33)30-20-11-9-16(26)13-19(20)27/h9,11,13-15,17-18,24,30-31,34H,3-8,10,12H2,1-2H3,(H,28,29,32). The van der Waals surface area contributed by atoms with Crippen molar-refractivity contribution in [3.05, 3.63) is 36.0 Å². The first kappa shape index (κ1) is 23.1. The molecule has 3 aliphatic rings. The van der Waals surface area contributed by atoms with Crippen molar-refractivity contribution in [3.63, 3.8) is 0 Å². The van der Waals surface area contributed by atoms with Gasteiger partial charge in [-0.1, -0.05) is 19.3 Å². The molecule has 2 aliphatic carbocycles. The molecule has 1 aliphatic heterocycles. The Labute approximate surface area is 199 Å². The van der Waals surface area contributed by atoms with Crippen LogP contribution < -0.4 is 20.9 Å². The van der Waals surface area contributed by atoms with Crippen LogP contribution in [0.1, 0.15) is 65.2 Å². The molecule has 4 N–H and O–H groups in total. The minimum atomic E-state index is -0.768. The Hall–Kier alpha value is -2.68. The van der Waals surface area contributed by atoms with E-state index in [2.05, 4.69) is 25.8 Å². The lowest BCUT2D eigenvalue weighted by Gasteiger charge is -2.34. The number of hydrogen-bond donors (Lipinski definition) is 4. The second-order valence-electron chi connectivity index (χ2n) is 10.5. The molecule has 0 spiro atoms. The van der Waals surface area contributed by atoms with Gasteiger partial charge in [0.2, 0.25) is 5.95 Å². The summed E-state index contributed by atoms with van der Waals surface area (Å²) in [5.74, 6) is 0.254. The Bertz CT molecular complexity index is 1020. The highest BCUT2D eigenvalue weighted by Gasteiger charge is 2.43. The van der Waals surface area contributed by atoms with Gasteiger partial charge in [0, 0.05) is 18.2 Å². The highest BCUT2D eigenvalue weighted by Crippen LogP contribution is 2.43. The third kappa shape index (κ3) is 4.76. The highest BCUT2D eigenvalue weighted by molar-refractivity contribution is 5.74. The van der Waals surface area contributed by atoms with E-state index < -0.39 is 23.5 Å². The molecule has 5 rings (SSSR count). The van der Waals surface area contributed by atoms with Crippen molar-refractivity contribution in [1.82, 2.24) is 9.97 Å². The summed E-state index contributed by atoms with van der Waals surface area (Å²) in [6, 6.07) is 4.00. The molecule has 0 amide bonds. The first-order valence-corrected chi connectivity index (χ1v) is 12.4. The van der Waals surface area contributed by atoms with Gasteiger partial charge in [0.15, 0.2) is 12.1 Å². The van der Waals surface area contributed by atoms with Crippen molar-refractivity contribution >= 4 is 23.1 Å². The largest absolute Gasteiger partial charge is 0.390 e. The van der Waals surface area contributed by atoms with Gasteiger partial charge in [0.25, 0.3) is 0 Å². The fourth-order valence-electron chi connectivity index (χ4n) is 5.60. The number of nitrogens with zero attached hydrogens (tertiary/aromatic N) is 3. The molecule has 0 saturated heterocycles. The van der Waals surface area contributed by atoms with Crippen LogP contribution in [0.5, 0.6) is 0 Å². The number of aliphatic hydroxyl groups is 1. The Morgan fingerprint density at radius 2 is 1.88 bits per heavy atom. The highest BCUT2D eigenvalue weighted by atomic mass is 19.1. The Morgan fingerprint density at radius 1 is 1.09 bits per heavy atom. The van der Waals surface area contributed by atoms with Crippen LogP contribution in [0.4, 0.5) is 31.9 Å². The molecule has 1 aromatic carbocycles. The molecule has 0 radical (unpaired) electrons. The third-order valence-corrected chi connectivity index (χ3v) is 7.54. The van der Waals surface area contributed by atoms with E-state index >= 15 is 0 Å². The maximum Gasteiger partial charge on any atom is 0.224 e. The van der Waals surface area contributed by atoms with Gasteiger partial charge in [-0.2, -0.15) is 4.98 Å². The van der Waals surface area contributed by atoms with Gasteiger partial charge < -0.3 is 26.0 Å². The van der Waals surface area contributed by atoms with E-state index in [-0.39, 0.29) is 17.6 Å². The van der Waals surface area contributed by atoms with Crippen molar-refractivity contribution in [2.45, 2.75) is 89.2 Å². The summed E-state index contributed by atoms with van der Waals surface area (Å²) in [6.07, 6.45) is 9.81. The SMILES string of the molecule is CC(C)(O)C1CCC(N2c3nc(NC4CCCCC4)ncc3NC2Nc2ccc(F)cc2F)C1. The maximum absolute atomic E-state index is 14.5. The van der Waals surface area contributed by atoms with Gasteiger partial charge >= 0.3 is 0 Å². The molecule has 3 atom stereocenters. The maximum atomic E-state index is 14.5. The quantitative estimate of drug-likeness (QED) is 0.467. The summed E-state index contributed by atoms with van der Waals surface area (Å²) in [5, 5.41) is 20.7. The van der Waals surface area contributed by atoms with E-state index in [1.165, 1.54) is 31.4 Å². The van der Waals surface area contributed by atoms with Crippen LogP contribution in [0.15, 0.2) is 24.4 Å². The fourth-order valence-corrected chi connectivity index (χ4v) is 5.60. The normalized spacial score (nSPS) is 25.2. The van der Waals surface area contributed by atoms with Crippen molar-refractivity contribution < 1.29 is 13.9 Å². The number of hydrogen-bond acceptors (Lipinski definition) is 7. The molecular weight excluding hydrogens is 438 g/mol. The number of aromatic nitrogens is 2. The van der Waals surface area contributed by atoms with Crippen LogP contribution in [-0.4, -0.2) is 39.0 Å². The lowest BCUT2D eigenvalue weighted by molar-refractivity contribution is 0.0194. The van der Waals surface area contributed by atoms with E-state index in [0.29, 0.717) is 12.0 Å². The van der Waals surface area contributed by atoms with E-state index in [4.69, 9.17) is 4.98 Å². The zero-order valence-electron chi connectivity index (χ0n) is 19.8. The smallest absolute Gasteiger partial charge is 0.224 e. The Kier molecular flexibility index (Phi) is 6.22. The summed E-state index contributed by atoms with van der Waals surface area (Å²) in [4.78, 5) is 11.5. The molecule has 2 fully saturated rings. The number of fused-ring (bicyclic) bond motifs is 1. The molecule has 2 heterocycles. The first-order valence-electron chi connectivity index (χ1n) is 12.4. The topological polar surface area (TPSA) is 85.3 Å². The number of benzene rings is 1. The number of rotatable bonds is 6. The first-order chi connectivity index (χ1) is 16.3. The number of nitrogens with one attached hydrogen (secondary N) is 3. The molecule has 7 nitrogen and oxygen atoms in total. The molecular formula is C25H34F2N6O. The molecule has 2 saturated carbocycles. The monoisotopic (exact) mass is 472 g/mol. The van der Waals surface area contributed by atoms with Gasteiger partial charge in [-0.25, -0.2) is 13.8 Å². The van der Waals surface area contributed by atoms with Crippen molar-refractivity contribution in [1.29, 1.82) is 0 Å². The lowest BCUT2D eigenvalue weighted by atomic mass is 9.89. The summed E-state index contributed by atoms with van der Waals surface area (Å²) < 4.78 is 27.9. The predicted octanol–water partition coefficient (Wildman–Crippen LogP) is 5.07. The Balaban J connectivity index is 1.42. The Morgan fingerprint density at radius 3 is 2.59 bits per heavy atom. The van der Waals surface area contributed by atoms with Gasteiger partial charge in [-0.3, -0.25) is 0 Å². The van der Waals surface area contributed by atoms with E-state index in [0.717, 1.165) is 49.7 Å². The second kappa shape index (κ2) is 9.17. The van der Waals surface area contributed by atoms with Crippen LogP contribution >= 0.6 is 0 Å². The fraction of sp³-hybridized carbons (Fsp3) is 0.600. The minimum Gasteiger partial charge on any atom is -0.390 e. The van der Waals surface area contributed by atoms with Crippen molar-refractivity contribution in [2.75, 3.05) is 20.9 Å². The van der Waals surface area contributed by atoms with Crippen molar-refractivity contribution in [2.24, 2.45) is 5.92 Å². The summed E-state index contributed by atoms with van der Waals surface area (Å²) >= 11 is 0. The summed E-state index contributed by atoms with van der Waals surface area (Å²) in [6.45, 7) is 3.71. The third-order valence-electron chi connectivity index (χ3n) is 7.54. The van der Waals surface area contributed by atoms with E-state index in [1.54, 1.807) is 6.20 Å². The van der Waals surface area contributed by atoms with Gasteiger partial charge in [-0.15, -0.1) is 0 Å². The second-order valence-corrected chi connectivity index (χ2v) is 10.5. The molecule has 3 unspecified atom stereocenters. The molecule has 2 aromatic rings. The van der Waals surface area contributed by atoms with Crippen LogP contribution in [0.3, 0.4) is 0 Å². The van der Waals surface area contributed by atoms with Gasteiger partial charge in [0.05, 0.1) is 23.2 Å². The van der Waals surface area contributed by atoms with Crippen LogP contribution in [-0.2, 0) is 0 Å². The number of anilines is 4. The lowest BCUT2D eigenvalue weighted by Crippen LogP contribution is -2.48. The zero-order valence-corrected chi connectivity index (χ0v) is 19.8. The summed E-state index contributed by atoms with van der Waals surface area (Å²) in [7, 11) is 0. The molecule has 0 bridgehead atoms. The van der Waals surface area contributed by atoms with Crippen molar-refractivity contribution in [3.8, 4) is 0 Å².